The molecule has 0 aromatic carbocycles. The van der Waals surface area contributed by atoms with Crippen molar-refractivity contribution in [1.29, 1.82) is 0 Å². The second-order valence-corrected chi connectivity index (χ2v) is 5.73. The van der Waals surface area contributed by atoms with Gasteiger partial charge in [-0.05, 0) is 25.3 Å². The van der Waals surface area contributed by atoms with Crippen molar-refractivity contribution >= 4 is 28.9 Å². The molecule has 0 radical (unpaired) electrons. The van der Waals surface area contributed by atoms with Gasteiger partial charge in [0, 0.05) is 6.20 Å². The highest BCUT2D eigenvalue weighted by atomic mass is 32.1. The maximum Gasteiger partial charge on any atom is 0.331 e. The van der Waals surface area contributed by atoms with Gasteiger partial charge in [0.2, 0.25) is 0 Å². The molecule has 2 heterocycles. The SMILES string of the molecule is COc1ccsc1C(=O)Nc1cnn(C(C)(C)C(=O)O)c1. The first-order valence-electron chi connectivity index (χ1n) is 6.07. The summed E-state index contributed by atoms with van der Waals surface area (Å²) >= 11 is 1.26. The van der Waals surface area contributed by atoms with E-state index in [-0.39, 0.29) is 5.91 Å². The van der Waals surface area contributed by atoms with Gasteiger partial charge in [-0.1, -0.05) is 0 Å². The van der Waals surface area contributed by atoms with Gasteiger partial charge in [-0.25, -0.2) is 4.79 Å². The van der Waals surface area contributed by atoms with Crippen molar-refractivity contribution in [2.45, 2.75) is 19.4 Å². The third kappa shape index (κ3) is 2.89. The van der Waals surface area contributed by atoms with Crippen LogP contribution in [0.4, 0.5) is 5.69 Å². The van der Waals surface area contributed by atoms with Gasteiger partial charge < -0.3 is 15.2 Å². The number of nitrogens with zero attached hydrogens (tertiary/aromatic N) is 2. The highest BCUT2D eigenvalue weighted by molar-refractivity contribution is 7.12. The number of carbonyl (C=O) groups excluding carboxylic acids is 1. The summed E-state index contributed by atoms with van der Waals surface area (Å²) in [5.74, 6) is -0.839. The van der Waals surface area contributed by atoms with E-state index in [1.54, 1.807) is 11.4 Å². The molecule has 0 atom stereocenters. The second kappa shape index (κ2) is 5.57. The predicted octanol–water partition coefficient (Wildman–Crippen LogP) is 2.03. The number of ether oxygens (including phenoxy) is 1. The van der Waals surface area contributed by atoms with Crippen molar-refractivity contribution in [2.75, 3.05) is 12.4 Å². The number of carbonyl (C=O) groups is 2. The first-order valence-corrected chi connectivity index (χ1v) is 6.95. The number of aliphatic carboxylic acids is 1. The summed E-state index contributed by atoms with van der Waals surface area (Å²) in [4.78, 5) is 23.7. The average molecular weight is 309 g/mol. The lowest BCUT2D eigenvalue weighted by Crippen LogP contribution is -2.35. The summed E-state index contributed by atoms with van der Waals surface area (Å²) in [6.07, 6.45) is 2.88. The van der Waals surface area contributed by atoms with E-state index < -0.39 is 11.5 Å². The summed E-state index contributed by atoms with van der Waals surface area (Å²) in [6, 6.07) is 1.70. The van der Waals surface area contributed by atoms with Crippen LogP contribution in [0.25, 0.3) is 0 Å². The molecule has 0 unspecified atom stereocenters. The fraction of sp³-hybridized carbons (Fsp3) is 0.308. The highest BCUT2D eigenvalue weighted by Crippen LogP contribution is 2.25. The molecule has 0 saturated carbocycles. The number of hydrogen-bond acceptors (Lipinski definition) is 5. The van der Waals surface area contributed by atoms with Crippen molar-refractivity contribution < 1.29 is 19.4 Å². The number of carboxylic acid groups (broad SMARTS) is 1. The molecule has 0 aliphatic carbocycles. The Kier molecular flexibility index (Phi) is 3.99. The minimum atomic E-state index is -1.19. The van der Waals surface area contributed by atoms with Gasteiger partial charge >= 0.3 is 5.97 Å². The standard InChI is InChI=1S/C13H15N3O4S/c1-13(2,12(18)19)16-7-8(6-14-16)15-11(17)10-9(20-3)4-5-21-10/h4-7H,1-3H3,(H,15,17)(H,18,19). The molecular weight excluding hydrogens is 294 g/mol. The Hall–Kier alpha value is -2.35. The lowest BCUT2D eigenvalue weighted by atomic mass is 10.1. The fourth-order valence-corrected chi connectivity index (χ4v) is 2.36. The molecule has 112 valence electrons. The number of aromatic nitrogens is 2. The number of thiophene rings is 1. The number of anilines is 1. The molecule has 0 spiro atoms. The maximum absolute atomic E-state index is 12.1. The summed E-state index contributed by atoms with van der Waals surface area (Å²) < 4.78 is 6.37. The van der Waals surface area contributed by atoms with Crippen LogP contribution in [-0.4, -0.2) is 33.9 Å². The molecule has 2 rings (SSSR count). The molecule has 2 aromatic heterocycles. The zero-order chi connectivity index (χ0) is 15.6. The van der Waals surface area contributed by atoms with Gasteiger partial charge in [-0.2, -0.15) is 5.10 Å². The van der Waals surface area contributed by atoms with Gasteiger partial charge in [-0.3, -0.25) is 9.48 Å². The summed E-state index contributed by atoms with van der Waals surface area (Å²) in [5.41, 5.74) is -0.770. The van der Waals surface area contributed by atoms with E-state index in [4.69, 9.17) is 9.84 Å². The van der Waals surface area contributed by atoms with E-state index in [0.717, 1.165) is 0 Å². The molecule has 2 aromatic rings. The third-order valence-electron chi connectivity index (χ3n) is 2.99. The van der Waals surface area contributed by atoms with Crippen molar-refractivity contribution in [1.82, 2.24) is 9.78 Å². The Morgan fingerprint density at radius 1 is 1.48 bits per heavy atom. The Labute approximate surface area is 125 Å². The van der Waals surface area contributed by atoms with E-state index in [1.165, 1.54) is 49.4 Å². The summed E-state index contributed by atoms with van der Waals surface area (Å²) in [7, 11) is 1.49. The Bertz CT molecular complexity index is 675. The molecule has 8 heteroatoms. The van der Waals surface area contributed by atoms with E-state index in [1.807, 2.05) is 0 Å². The van der Waals surface area contributed by atoms with Crippen LogP contribution < -0.4 is 10.1 Å². The molecule has 0 aliphatic rings. The first-order chi connectivity index (χ1) is 9.86. The Balaban J connectivity index is 2.17. The molecule has 0 bridgehead atoms. The van der Waals surface area contributed by atoms with E-state index in [0.29, 0.717) is 16.3 Å². The lowest BCUT2D eigenvalue weighted by molar-refractivity contribution is -0.146. The monoisotopic (exact) mass is 309 g/mol. The third-order valence-corrected chi connectivity index (χ3v) is 3.89. The zero-order valence-corrected chi connectivity index (χ0v) is 12.6. The number of nitrogens with one attached hydrogen (secondary N) is 1. The van der Waals surface area contributed by atoms with Crippen molar-refractivity contribution in [3.05, 3.63) is 28.7 Å². The molecule has 1 amide bonds. The largest absolute Gasteiger partial charge is 0.495 e. The van der Waals surface area contributed by atoms with Crippen molar-refractivity contribution in [2.24, 2.45) is 0 Å². The minimum Gasteiger partial charge on any atom is -0.495 e. The number of rotatable bonds is 5. The van der Waals surface area contributed by atoms with Crippen LogP contribution in [0.3, 0.4) is 0 Å². The molecule has 0 saturated heterocycles. The van der Waals surface area contributed by atoms with Gasteiger partial charge in [-0.15, -0.1) is 11.3 Å². The Morgan fingerprint density at radius 3 is 2.81 bits per heavy atom. The average Bonchev–Trinajstić information content (AvgIpc) is 3.06. The van der Waals surface area contributed by atoms with Crippen LogP contribution in [0.2, 0.25) is 0 Å². The van der Waals surface area contributed by atoms with E-state index in [2.05, 4.69) is 10.4 Å². The molecule has 2 N–H and O–H groups in total. The number of hydrogen-bond donors (Lipinski definition) is 2. The highest BCUT2D eigenvalue weighted by Gasteiger charge is 2.30. The van der Waals surface area contributed by atoms with Crippen molar-refractivity contribution in [3.8, 4) is 5.75 Å². The Morgan fingerprint density at radius 2 is 2.19 bits per heavy atom. The van der Waals surface area contributed by atoms with Gasteiger partial charge in [0.05, 0.1) is 19.0 Å². The normalized spacial score (nSPS) is 11.2. The first kappa shape index (κ1) is 15.0. The number of carboxylic acids is 1. The minimum absolute atomic E-state index is 0.325. The molecule has 7 nitrogen and oxygen atoms in total. The second-order valence-electron chi connectivity index (χ2n) is 4.81. The zero-order valence-electron chi connectivity index (χ0n) is 11.8. The predicted molar refractivity (Wildman–Crippen MR) is 78.0 cm³/mol. The van der Waals surface area contributed by atoms with E-state index in [9.17, 15) is 9.59 Å². The summed E-state index contributed by atoms with van der Waals surface area (Å²) in [5, 5.41) is 17.5. The molecular formula is C13H15N3O4S. The molecule has 0 fully saturated rings. The topological polar surface area (TPSA) is 93.5 Å². The smallest absolute Gasteiger partial charge is 0.331 e. The van der Waals surface area contributed by atoms with Gasteiger partial charge in [0.1, 0.15) is 10.6 Å². The van der Waals surface area contributed by atoms with Crippen LogP contribution in [0.1, 0.15) is 23.5 Å². The van der Waals surface area contributed by atoms with Crippen molar-refractivity contribution in [3.63, 3.8) is 0 Å². The van der Waals surface area contributed by atoms with Crippen LogP contribution >= 0.6 is 11.3 Å². The number of methoxy groups -OCH3 is 1. The molecule has 0 aliphatic heterocycles. The van der Waals surface area contributed by atoms with Gasteiger partial charge in [0.15, 0.2) is 5.54 Å². The van der Waals surface area contributed by atoms with Gasteiger partial charge in [0.25, 0.3) is 5.91 Å². The summed E-state index contributed by atoms with van der Waals surface area (Å²) in [6.45, 7) is 3.05. The number of amides is 1. The van der Waals surface area contributed by atoms with Crippen LogP contribution in [0.5, 0.6) is 5.75 Å². The fourth-order valence-electron chi connectivity index (χ4n) is 1.60. The van der Waals surface area contributed by atoms with Crippen LogP contribution in [0, 0.1) is 0 Å². The molecule has 21 heavy (non-hydrogen) atoms. The quantitative estimate of drug-likeness (QED) is 0.881. The van der Waals surface area contributed by atoms with E-state index >= 15 is 0 Å². The van der Waals surface area contributed by atoms with Crippen LogP contribution in [0.15, 0.2) is 23.8 Å². The lowest BCUT2D eigenvalue weighted by Gasteiger charge is -2.19. The van der Waals surface area contributed by atoms with Crippen LogP contribution in [-0.2, 0) is 10.3 Å². The maximum atomic E-state index is 12.1.